The zero-order chi connectivity index (χ0) is 26.9. The Morgan fingerprint density at radius 3 is 2.45 bits per heavy atom. The van der Waals surface area contributed by atoms with Gasteiger partial charge in [0.05, 0.1) is 40.9 Å². The average Bonchev–Trinajstić information content (AvgIpc) is 3.57. The maximum absolute atomic E-state index is 14.8. The number of sulfonamides is 1. The fraction of sp³-hybridized carbons (Fsp3) is 0.292. The average molecular weight is 582 g/mol. The molecule has 0 aliphatic carbocycles. The topological polar surface area (TPSA) is 122 Å². The Morgan fingerprint density at radius 1 is 1.00 bits per heavy atom. The molecule has 5 rings (SSSR count). The summed E-state index contributed by atoms with van der Waals surface area (Å²) in [4.78, 5) is 15.5. The molecule has 1 aromatic heterocycles. The van der Waals surface area contributed by atoms with Gasteiger partial charge in [0, 0.05) is 25.0 Å². The van der Waals surface area contributed by atoms with Crippen molar-refractivity contribution in [2.75, 3.05) is 49.2 Å². The third-order valence-electron chi connectivity index (χ3n) is 6.15. The molecule has 38 heavy (non-hydrogen) atoms. The zero-order valence-electron chi connectivity index (χ0n) is 19.9. The largest absolute Gasteiger partial charge is 0.443 e. The summed E-state index contributed by atoms with van der Waals surface area (Å²) < 4.78 is 78.8. The summed E-state index contributed by atoms with van der Waals surface area (Å²) in [5, 5.41) is 1.27. The molecule has 2 saturated heterocycles. The molecule has 202 valence electrons. The molecule has 2 fully saturated rings. The fourth-order valence-electron chi connectivity index (χ4n) is 4.15. The van der Waals surface area contributed by atoms with Gasteiger partial charge in [-0.15, -0.1) is 11.3 Å². The summed E-state index contributed by atoms with van der Waals surface area (Å²) in [6.45, 7) is 1.91. The van der Waals surface area contributed by atoms with Gasteiger partial charge in [0.25, 0.3) is 0 Å². The molecule has 2 aliphatic rings. The second kappa shape index (κ2) is 10.6. The first kappa shape index (κ1) is 26.6. The van der Waals surface area contributed by atoms with Crippen LogP contribution in [0.1, 0.15) is 0 Å². The third-order valence-corrected chi connectivity index (χ3v) is 10.9. The van der Waals surface area contributed by atoms with Crippen LogP contribution in [0, 0.1) is 5.82 Å². The van der Waals surface area contributed by atoms with Crippen molar-refractivity contribution in [1.29, 1.82) is 0 Å². The van der Waals surface area contributed by atoms with Crippen molar-refractivity contribution < 1.29 is 35.5 Å². The van der Waals surface area contributed by atoms with Crippen LogP contribution in [0.2, 0.25) is 0 Å². The molecule has 3 heterocycles. The van der Waals surface area contributed by atoms with Crippen LogP contribution < -0.4 is 14.5 Å². The number of rotatable bonds is 8. The highest BCUT2D eigenvalue weighted by atomic mass is 32.2. The van der Waals surface area contributed by atoms with Gasteiger partial charge in [-0.2, -0.15) is 0 Å². The number of hydrogen-bond acceptors (Lipinski definition) is 9. The van der Waals surface area contributed by atoms with Crippen LogP contribution in [0.3, 0.4) is 0 Å². The van der Waals surface area contributed by atoms with Crippen LogP contribution in [-0.2, 0) is 29.3 Å². The predicted octanol–water partition coefficient (Wildman–Crippen LogP) is 2.86. The predicted molar refractivity (Wildman–Crippen MR) is 138 cm³/mol. The maximum atomic E-state index is 14.8. The molecule has 1 N–H and O–H groups in total. The second-order valence-corrected chi connectivity index (χ2v) is 13.5. The Balaban J connectivity index is 1.23. The molecule has 0 radical (unpaired) electrons. The number of thiophene rings is 1. The van der Waals surface area contributed by atoms with Crippen molar-refractivity contribution in [1.82, 2.24) is 4.72 Å². The molecule has 3 aromatic rings. The Bertz CT molecular complexity index is 1540. The summed E-state index contributed by atoms with van der Waals surface area (Å²) in [6.07, 6.45) is -1.55. The van der Waals surface area contributed by atoms with Crippen LogP contribution in [0.4, 0.5) is 20.6 Å². The monoisotopic (exact) mass is 581 g/mol. The molecule has 14 heteroatoms. The number of halogens is 1. The number of carbonyl (C=O) groups is 1. The van der Waals surface area contributed by atoms with Crippen LogP contribution in [-0.4, -0.2) is 68.4 Å². The number of morpholine rings is 1. The molecule has 1 atom stereocenters. The molecule has 0 unspecified atom stereocenters. The van der Waals surface area contributed by atoms with E-state index in [1.807, 2.05) is 4.90 Å². The minimum atomic E-state index is -4.08. The summed E-state index contributed by atoms with van der Waals surface area (Å²) in [5.74, 6) is -0.486. The number of ether oxygens (including phenoxy) is 2. The lowest BCUT2D eigenvalue weighted by Gasteiger charge is -2.29. The lowest BCUT2D eigenvalue weighted by molar-refractivity contribution is 0.122. The number of amides is 1. The van der Waals surface area contributed by atoms with Crippen LogP contribution >= 0.6 is 11.3 Å². The molecule has 0 spiro atoms. The zero-order valence-corrected chi connectivity index (χ0v) is 22.4. The summed E-state index contributed by atoms with van der Waals surface area (Å²) in [5.41, 5.74) is 0.711. The van der Waals surface area contributed by atoms with Gasteiger partial charge in [0.15, 0.2) is 0 Å². The van der Waals surface area contributed by atoms with Gasteiger partial charge in [-0.25, -0.2) is 30.7 Å². The summed E-state index contributed by atoms with van der Waals surface area (Å²) in [7, 11) is -7.94. The van der Waals surface area contributed by atoms with Gasteiger partial charge in [-0.05, 0) is 36.4 Å². The molecular formula is C24H24FN3O7S3. The second-order valence-electron chi connectivity index (χ2n) is 8.62. The molecule has 1 amide bonds. The maximum Gasteiger partial charge on any atom is 0.414 e. The molecule has 10 nitrogen and oxygen atoms in total. The molecular weight excluding hydrogens is 557 g/mol. The summed E-state index contributed by atoms with van der Waals surface area (Å²) >= 11 is 0.772. The summed E-state index contributed by atoms with van der Waals surface area (Å²) in [6, 6.07) is 13.3. The number of nitrogens with zero attached hydrogens (tertiary/aromatic N) is 2. The third kappa shape index (κ3) is 5.40. The fourth-order valence-corrected chi connectivity index (χ4v) is 8.17. The van der Waals surface area contributed by atoms with Crippen LogP contribution in [0.25, 0.3) is 0 Å². The number of sulfone groups is 1. The van der Waals surface area contributed by atoms with Crippen molar-refractivity contribution >= 4 is 48.7 Å². The Labute approximate surface area is 223 Å². The van der Waals surface area contributed by atoms with E-state index >= 15 is 0 Å². The Kier molecular flexibility index (Phi) is 7.42. The quantitative estimate of drug-likeness (QED) is 0.431. The van der Waals surface area contributed by atoms with Crippen molar-refractivity contribution in [2.45, 2.75) is 20.1 Å². The number of benzene rings is 2. The van der Waals surface area contributed by atoms with Gasteiger partial charge in [-0.3, -0.25) is 4.90 Å². The SMILES string of the molecule is O=C1O[C@@H](CNS(=O)(=O)c2cc(S(=O)(=O)c3ccccc3)cs2)CN1c1ccc(N2CCOCC2)c(F)c1. The van der Waals surface area contributed by atoms with Crippen molar-refractivity contribution in [3.8, 4) is 0 Å². The molecule has 0 saturated carbocycles. The van der Waals surface area contributed by atoms with Crippen LogP contribution in [0.15, 0.2) is 74.0 Å². The van der Waals surface area contributed by atoms with E-state index in [9.17, 15) is 26.0 Å². The Hall–Kier alpha value is -3.04. The van der Waals surface area contributed by atoms with E-state index in [0.717, 1.165) is 17.4 Å². The first-order valence-electron chi connectivity index (χ1n) is 11.6. The van der Waals surface area contributed by atoms with E-state index in [-0.39, 0.29) is 27.1 Å². The van der Waals surface area contributed by atoms with Crippen molar-refractivity contribution in [3.63, 3.8) is 0 Å². The van der Waals surface area contributed by atoms with E-state index in [2.05, 4.69) is 4.72 Å². The van der Waals surface area contributed by atoms with E-state index in [4.69, 9.17) is 9.47 Å². The normalized spacial score (nSPS) is 18.6. The van der Waals surface area contributed by atoms with E-state index in [1.54, 1.807) is 30.3 Å². The van der Waals surface area contributed by atoms with Crippen molar-refractivity contribution in [2.24, 2.45) is 0 Å². The van der Waals surface area contributed by atoms with Gasteiger partial charge in [-0.1, -0.05) is 18.2 Å². The number of hydrogen-bond donors (Lipinski definition) is 1. The lowest BCUT2D eigenvalue weighted by Crippen LogP contribution is -2.37. The van der Waals surface area contributed by atoms with E-state index in [0.29, 0.717) is 37.7 Å². The number of cyclic esters (lactones) is 1. The molecule has 2 aromatic carbocycles. The number of nitrogens with one attached hydrogen (secondary N) is 1. The van der Waals surface area contributed by atoms with E-state index in [1.165, 1.54) is 28.5 Å². The standard InChI is InChI=1S/C24H24FN3O7S3/c25-21-12-17(6-7-22(21)27-8-10-34-11-9-27)28-15-18(35-24(28)29)14-26-38(32,33)23-13-20(16-36-23)37(30,31)19-4-2-1-3-5-19/h1-7,12-13,16,18,26H,8-11,14-15H2/t18-/m0/s1. The first-order chi connectivity index (χ1) is 18.1. The van der Waals surface area contributed by atoms with Crippen LogP contribution in [0.5, 0.6) is 0 Å². The number of anilines is 2. The first-order valence-corrected chi connectivity index (χ1v) is 15.5. The molecule has 0 bridgehead atoms. The minimum Gasteiger partial charge on any atom is -0.443 e. The lowest BCUT2D eigenvalue weighted by atomic mass is 10.2. The highest BCUT2D eigenvalue weighted by Gasteiger charge is 2.34. The minimum absolute atomic E-state index is 0.00969. The van der Waals surface area contributed by atoms with Gasteiger partial charge in [0.1, 0.15) is 16.1 Å². The highest BCUT2D eigenvalue weighted by molar-refractivity contribution is 7.93. The van der Waals surface area contributed by atoms with Gasteiger partial charge in [0.2, 0.25) is 19.9 Å². The van der Waals surface area contributed by atoms with E-state index < -0.39 is 37.9 Å². The molecule has 2 aliphatic heterocycles. The van der Waals surface area contributed by atoms with Gasteiger partial charge < -0.3 is 14.4 Å². The van der Waals surface area contributed by atoms with Crippen molar-refractivity contribution in [3.05, 3.63) is 65.8 Å². The smallest absolute Gasteiger partial charge is 0.414 e. The number of carbonyl (C=O) groups excluding carboxylic acids is 1. The highest BCUT2D eigenvalue weighted by Crippen LogP contribution is 2.30. The Morgan fingerprint density at radius 2 is 1.74 bits per heavy atom. The van der Waals surface area contributed by atoms with Gasteiger partial charge >= 0.3 is 6.09 Å².